The Labute approximate surface area is 237 Å². The molecule has 0 heterocycles. The van der Waals surface area contributed by atoms with Gasteiger partial charge < -0.3 is 25.4 Å². The molecule has 4 atom stereocenters. The van der Waals surface area contributed by atoms with Gasteiger partial charge >= 0.3 is 18.4 Å². The molecule has 2 aliphatic rings. The Balaban J connectivity index is 1.52. The van der Waals surface area contributed by atoms with Gasteiger partial charge in [0.15, 0.2) is 0 Å². The summed E-state index contributed by atoms with van der Waals surface area (Å²) in [5.41, 5.74) is 1.71. The van der Waals surface area contributed by atoms with Crippen LogP contribution < -0.4 is 15.4 Å². The molecule has 0 radical (unpaired) electrons. The second-order valence-corrected chi connectivity index (χ2v) is 11.6. The molecule has 8 nitrogen and oxygen atoms in total. The van der Waals surface area contributed by atoms with Crippen molar-refractivity contribution in [2.75, 3.05) is 11.9 Å². The molecule has 11 heteroatoms. The van der Waals surface area contributed by atoms with Gasteiger partial charge in [-0.15, -0.1) is 13.2 Å². The van der Waals surface area contributed by atoms with Crippen LogP contribution in [0.4, 0.5) is 23.7 Å². The maximum absolute atomic E-state index is 13.7. The van der Waals surface area contributed by atoms with Gasteiger partial charge in [0.05, 0.1) is 6.42 Å². The molecule has 2 bridgehead atoms. The highest BCUT2D eigenvalue weighted by Crippen LogP contribution is 2.58. The summed E-state index contributed by atoms with van der Waals surface area (Å²) < 4.78 is 41.6. The van der Waals surface area contributed by atoms with Crippen molar-refractivity contribution in [2.45, 2.75) is 65.4 Å². The van der Waals surface area contributed by atoms with Crippen molar-refractivity contribution in [3.8, 4) is 5.75 Å². The van der Waals surface area contributed by atoms with Gasteiger partial charge in [-0.1, -0.05) is 32.9 Å². The van der Waals surface area contributed by atoms with E-state index in [4.69, 9.17) is 5.11 Å². The van der Waals surface area contributed by atoms with Crippen LogP contribution in [0.1, 0.15) is 62.4 Å². The van der Waals surface area contributed by atoms with Gasteiger partial charge in [-0.05, 0) is 84.4 Å². The van der Waals surface area contributed by atoms with E-state index in [1.54, 1.807) is 29.2 Å². The zero-order valence-corrected chi connectivity index (χ0v) is 23.3. The highest BCUT2D eigenvalue weighted by Gasteiger charge is 2.53. The lowest BCUT2D eigenvalue weighted by Gasteiger charge is -2.49. The molecule has 0 saturated heterocycles. The number of benzene rings is 2. The van der Waals surface area contributed by atoms with Crippen molar-refractivity contribution in [2.24, 2.45) is 23.2 Å². The first-order chi connectivity index (χ1) is 19.2. The first kappa shape index (κ1) is 30.2. The number of halogens is 3. The molecular weight excluding hydrogens is 539 g/mol. The standard InChI is InChI=1S/C30H36F3N3O5/c1-18-24-13-8-21(29(24,2)3)16-25(18)36(28(40)35-22-9-11-23(12-10-22)41-30(31,32)33)17-19-4-6-20(7-5-19)27(39)34-15-14-26(37)38/h4-7,9-12,18,21,24-25H,8,13-17H2,1-3H3,(H,34,39)(H,35,40)(H,37,38). The van der Waals surface area contributed by atoms with E-state index in [0.717, 1.165) is 37.0 Å². The number of nitrogens with one attached hydrogen (secondary N) is 2. The van der Waals surface area contributed by atoms with E-state index in [1.807, 2.05) is 0 Å². The van der Waals surface area contributed by atoms with Gasteiger partial charge in [0.1, 0.15) is 5.75 Å². The van der Waals surface area contributed by atoms with E-state index >= 15 is 0 Å². The second-order valence-electron chi connectivity index (χ2n) is 11.6. The average molecular weight is 576 g/mol. The summed E-state index contributed by atoms with van der Waals surface area (Å²) in [6, 6.07) is 11.4. The molecule has 4 unspecified atom stereocenters. The van der Waals surface area contributed by atoms with Crippen LogP contribution in [0.25, 0.3) is 0 Å². The quantitative estimate of drug-likeness (QED) is 0.326. The number of nitrogens with zero attached hydrogens (tertiary/aromatic N) is 1. The van der Waals surface area contributed by atoms with Crippen LogP contribution in [0.2, 0.25) is 0 Å². The number of hydrogen-bond donors (Lipinski definition) is 3. The minimum Gasteiger partial charge on any atom is -0.481 e. The SMILES string of the molecule is CC1C(N(Cc2ccc(C(=O)NCCC(=O)O)cc2)C(=O)Nc2ccc(OC(F)(F)F)cc2)CC2CCC1C2(C)C. The minimum absolute atomic E-state index is 0.0193. The van der Waals surface area contributed by atoms with E-state index in [-0.39, 0.29) is 54.6 Å². The van der Waals surface area contributed by atoms with Crippen LogP contribution in [-0.4, -0.2) is 46.9 Å². The molecule has 222 valence electrons. The van der Waals surface area contributed by atoms with Gasteiger partial charge in [0, 0.05) is 30.4 Å². The summed E-state index contributed by atoms with van der Waals surface area (Å²) in [6.45, 7) is 7.09. The maximum Gasteiger partial charge on any atom is 0.573 e. The lowest BCUT2D eigenvalue weighted by molar-refractivity contribution is -0.274. The third-order valence-electron chi connectivity index (χ3n) is 8.80. The number of fused-ring (bicyclic) bond motifs is 2. The summed E-state index contributed by atoms with van der Waals surface area (Å²) in [7, 11) is 0. The molecule has 0 aromatic heterocycles. The molecule has 2 aromatic carbocycles. The monoisotopic (exact) mass is 575 g/mol. The number of hydrogen-bond acceptors (Lipinski definition) is 4. The van der Waals surface area contributed by atoms with Crippen molar-refractivity contribution in [1.82, 2.24) is 10.2 Å². The Kier molecular flexibility index (Phi) is 8.84. The van der Waals surface area contributed by atoms with Gasteiger partial charge in [0.2, 0.25) is 0 Å². The molecule has 3 N–H and O–H groups in total. The second kappa shape index (κ2) is 12.0. The van der Waals surface area contributed by atoms with Gasteiger partial charge in [0.25, 0.3) is 5.91 Å². The first-order valence-electron chi connectivity index (χ1n) is 13.8. The number of alkyl halides is 3. The molecule has 3 amide bonds. The van der Waals surface area contributed by atoms with Crippen LogP contribution in [0, 0.1) is 23.2 Å². The van der Waals surface area contributed by atoms with Crippen LogP contribution in [0.5, 0.6) is 5.75 Å². The third kappa shape index (κ3) is 7.31. The lowest BCUT2D eigenvalue weighted by Crippen LogP contribution is -2.53. The molecule has 2 fully saturated rings. The number of rotatable bonds is 9. The third-order valence-corrected chi connectivity index (χ3v) is 8.80. The van der Waals surface area contributed by atoms with Crippen LogP contribution in [-0.2, 0) is 11.3 Å². The van der Waals surface area contributed by atoms with Crippen molar-refractivity contribution in [1.29, 1.82) is 0 Å². The van der Waals surface area contributed by atoms with E-state index in [1.165, 1.54) is 12.1 Å². The molecule has 2 saturated carbocycles. The smallest absolute Gasteiger partial charge is 0.481 e. The van der Waals surface area contributed by atoms with Crippen molar-refractivity contribution in [3.05, 3.63) is 59.7 Å². The van der Waals surface area contributed by atoms with E-state index in [9.17, 15) is 27.6 Å². The summed E-state index contributed by atoms with van der Waals surface area (Å²) in [5, 5.41) is 14.2. The molecular formula is C30H36F3N3O5. The highest BCUT2D eigenvalue weighted by molar-refractivity contribution is 5.94. The predicted molar refractivity (Wildman–Crippen MR) is 146 cm³/mol. The van der Waals surface area contributed by atoms with Crippen molar-refractivity contribution < 1.29 is 37.4 Å². The Morgan fingerprint density at radius 1 is 1.05 bits per heavy atom. The van der Waals surface area contributed by atoms with Gasteiger partial charge in [-0.3, -0.25) is 9.59 Å². The number of ether oxygens (including phenoxy) is 1. The first-order valence-corrected chi connectivity index (χ1v) is 13.8. The fourth-order valence-electron chi connectivity index (χ4n) is 6.59. The zero-order valence-electron chi connectivity index (χ0n) is 23.3. The van der Waals surface area contributed by atoms with Crippen molar-refractivity contribution in [3.63, 3.8) is 0 Å². The number of carbonyl (C=O) groups is 3. The Bertz CT molecular complexity index is 1250. The fraction of sp³-hybridized carbons (Fsp3) is 0.500. The fourth-order valence-corrected chi connectivity index (χ4v) is 6.59. The molecule has 0 aliphatic heterocycles. The summed E-state index contributed by atoms with van der Waals surface area (Å²) in [4.78, 5) is 38.6. The number of aliphatic carboxylic acids is 1. The minimum atomic E-state index is -4.81. The number of carboxylic acids is 1. The lowest BCUT2D eigenvalue weighted by atomic mass is 9.61. The molecule has 0 spiro atoms. The normalized spacial score (nSPS) is 23.0. The molecule has 4 rings (SSSR count). The topological polar surface area (TPSA) is 108 Å². The Hall–Kier alpha value is -3.76. The molecule has 2 aromatic rings. The maximum atomic E-state index is 13.7. The van der Waals surface area contributed by atoms with E-state index in [2.05, 4.69) is 36.1 Å². The highest BCUT2D eigenvalue weighted by atomic mass is 19.4. The van der Waals surface area contributed by atoms with Gasteiger partial charge in [-0.2, -0.15) is 0 Å². The number of urea groups is 1. The number of carboxylic acid groups (broad SMARTS) is 1. The van der Waals surface area contributed by atoms with Crippen LogP contribution in [0.15, 0.2) is 48.5 Å². The largest absolute Gasteiger partial charge is 0.573 e. The Morgan fingerprint density at radius 2 is 1.71 bits per heavy atom. The van der Waals surface area contributed by atoms with Crippen LogP contribution >= 0.6 is 0 Å². The average Bonchev–Trinajstić information content (AvgIpc) is 3.06. The number of amides is 3. The molecule has 41 heavy (non-hydrogen) atoms. The zero-order chi connectivity index (χ0) is 29.9. The number of carbonyl (C=O) groups excluding carboxylic acids is 2. The van der Waals surface area contributed by atoms with E-state index in [0.29, 0.717) is 23.1 Å². The van der Waals surface area contributed by atoms with E-state index < -0.39 is 12.3 Å². The Morgan fingerprint density at radius 3 is 2.32 bits per heavy atom. The van der Waals surface area contributed by atoms with Crippen molar-refractivity contribution >= 4 is 23.6 Å². The summed E-state index contributed by atoms with van der Waals surface area (Å²) in [6.07, 6.45) is -1.91. The summed E-state index contributed by atoms with van der Waals surface area (Å²) in [5.74, 6) is -0.601. The van der Waals surface area contributed by atoms with Crippen LogP contribution in [0.3, 0.4) is 0 Å². The summed E-state index contributed by atoms with van der Waals surface area (Å²) >= 11 is 0. The predicted octanol–water partition coefficient (Wildman–Crippen LogP) is 6.28. The number of anilines is 1. The van der Waals surface area contributed by atoms with Gasteiger partial charge in [-0.25, -0.2) is 4.79 Å². The molecule has 2 aliphatic carbocycles.